The highest BCUT2D eigenvalue weighted by Crippen LogP contribution is 2.32. The number of aromatic carboxylic acids is 1. The second-order valence-electron chi connectivity index (χ2n) is 4.78. The topological polar surface area (TPSA) is 40.5 Å². The molecule has 0 amide bonds. The van der Waals surface area contributed by atoms with Crippen LogP contribution in [0.25, 0.3) is 0 Å². The molecule has 0 saturated carbocycles. The Hall–Kier alpha value is -0.880. The lowest BCUT2D eigenvalue weighted by molar-refractivity contribution is 0.0695. The van der Waals surface area contributed by atoms with Crippen molar-refractivity contribution in [1.29, 1.82) is 0 Å². The van der Waals surface area contributed by atoms with Crippen molar-refractivity contribution in [2.24, 2.45) is 0 Å². The number of halogens is 2. The average Bonchev–Trinajstić information content (AvgIpc) is 2.75. The molecule has 0 atom stereocenters. The minimum absolute atomic E-state index is 0.382. The fraction of sp³-hybridized carbons (Fsp3) is 0.267. The lowest BCUT2D eigenvalue weighted by Gasteiger charge is -2.16. The van der Waals surface area contributed by atoms with Gasteiger partial charge in [-0.2, -0.15) is 0 Å². The van der Waals surface area contributed by atoms with E-state index in [1.54, 1.807) is 23.5 Å². The number of benzene rings is 1. The summed E-state index contributed by atoms with van der Waals surface area (Å²) >= 11 is 11.0. The van der Waals surface area contributed by atoms with Crippen molar-refractivity contribution < 1.29 is 9.90 Å². The van der Waals surface area contributed by atoms with Crippen LogP contribution in [-0.4, -0.2) is 29.6 Å². The molecule has 1 heterocycles. The van der Waals surface area contributed by atoms with Crippen LogP contribution in [0.3, 0.4) is 0 Å². The van der Waals surface area contributed by atoms with Gasteiger partial charge in [0.2, 0.25) is 0 Å². The van der Waals surface area contributed by atoms with Crippen molar-refractivity contribution in [2.75, 3.05) is 13.6 Å². The molecule has 0 aliphatic rings. The van der Waals surface area contributed by atoms with Gasteiger partial charge in [-0.3, -0.25) is 0 Å². The van der Waals surface area contributed by atoms with Gasteiger partial charge in [-0.1, -0.05) is 29.8 Å². The number of likely N-dealkylation sites (N-methyl/N-ethyl adjacent to an activating group) is 1. The highest BCUT2D eigenvalue weighted by atomic mass is 79.9. The van der Waals surface area contributed by atoms with Crippen molar-refractivity contribution in [2.45, 2.75) is 13.0 Å². The van der Waals surface area contributed by atoms with Crippen LogP contribution >= 0.6 is 38.9 Å². The van der Waals surface area contributed by atoms with E-state index in [4.69, 9.17) is 16.7 Å². The van der Waals surface area contributed by atoms with Crippen molar-refractivity contribution in [3.63, 3.8) is 0 Å². The van der Waals surface area contributed by atoms with Crippen LogP contribution in [-0.2, 0) is 13.0 Å². The zero-order valence-corrected chi connectivity index (χ0v) is 14.6. The molecule has 0 radical (unpaired) electrons. The SMILES string of the molecule is CN(CCc1ccccc1C(=O)O)Cc1cc(Br)c(Cl)s1. The standard InChI is InChI=1S/C15H15BrClNO2S/c1-18(9-11-8-13(16)14(17)21-11)7-6-10-4-2-3-5-12(10)15(19)20/h2-5,8H,6-7,9H2,1H3,(H,19,20). The number of nitrogens with zero attached hydrogens (tertiary/aromatic N) is 1. The number of thiophene rings is 1. The smallest absolute Gasteiger partial charge is 0.335 e. The molecule has 0 spiro atoms. The third-order valence-electron chi connectivity index (χ3n) is 3.13. The van der Waals surface area contributed by atoms with Gasteiger partial charge < -0.3 is 10.0 Å². The Morgan fingerprint density at radius 1 is 1.43 bits per heavy atom. The molecule has 0 saturated heterocycles. The number of hydrogen-bond acceptors (Lipinski definition) is 3. The molecule has 1 aromatic carbocycles. The number of carboxylic acid groups (broad SMARTS) is 1. The second-order valence-corrected chi connectivity index (χ2v) is 7.38. The fourth-order valence-electron chi connectivity index (χ4n) is 2.07. The molecule has 1 aromatic heterocycles. The maximum atomic E-state index is 11.2. The maximum absolute atomic E-state index is 11.2. The van der Waals surface area contributed by atoms with Gasteiger partial charge in [0.1, 0.15) is 4.34 Å². The van der Waals surface area contributed by atoms with Crippen molar-refractivity contribution in [1.82, 2.24) is 4.90 Å². The molecule has 21 heavy (non-hydrogen) atoms. The van der Waals surface area contributed by atoms with Gasteiger partial charge >= 0.3 is 5.97 Å². The van der Waals surface area contributed by atoms with Gasteiger partial charge in [-0.15, -0.1) is 11.3 Å². The van der Waals surface area contributed by atoms with E-state index in [1.807, 2.05) is 25.2 Å². The van der Waals surface area contributed by atoms with E-state index < -0.39 is 5.97 Å². The summed E-state index contributed by atoms with van der Waals surface area (Å²) in [5.74, 6) is -0.873. The first-order valence-electron chi connectivity index (χ1n) is 6.41. The Morgan fingerprint density at radius 3 is 2.76 bits per heavy atom. The monoisotopic (exact) mass is 387 g/mol. The van der Waals surface area contributed by atoms with Crippen LogP contribution in [0.1, 0.15) is 20.8 Å². The van der Waals surface area contributed by atoms with Crippen LogP contribution in [0.2, 0.25) is 4.34 Å². The lowest BCUT2D eigenvalue weighted by Crippen LogP contribution is -2.21. The van der Waals surface area contributed by atoms with Crippen LogP contribution in [0.5, 0.6) is 0 Å². The summed E-state index contributed by atoms with van der Waals surface area (Å²) in [6.07, 6.45) is 0.708. The molecule has 6 heteroatoms. The molecular formula is C15H15BrClNO2S. The largest absolute Gasteiger partial charge is 0.478 e. The number of hydrogen-bond donors (Lipinski definition) is 1. The summed E-state index contributed by atoms with van der Waals surface area (Å²) < 4.78 is 1.68. The zero-order chi connectivity index (χ0) is 15.4. The summed E-state index contributed by atoms with van der Waals surface area (Å²) in [5.41, 5.74) is 1.25. The molecule has 112 valence electrons. The second kappa shape index (κ2) is 7.40. The third kappa shape index (κ3) is 4.54. The van der Waals surface area contributed by atoms with Gasteiger partial charge in [-0.05, 0) is 47.1 Å². The quantitative estimate of drug-likeness (QED) is 0.790. The predicted molar refractivity (Wildman–Crippen MR) is 90.5 cm³/mol. The number of carbonyl (C=O) groups is 1. The summed E-state index contributed by atoms with van der Waals surface area (Å²) in [7, 11) is 2.02. The molecule has 0 bridgehead atoms. The number of carboxylic acids is 1. The van der Waals surface area contributed by atoms with Crippen molar-refractivity contribution >= 4 is 44.8 Å². The van der Waals surface area contributed by atoms with Crippen LogP contribution < -0.4 is 0 Å². The highest BCUT2D eigenvalue weighted by Gasteiger charge is 2.11. The molecule has 3 nitrogen and oxygen atoms in total. The highest BCUT2D eigenvalue weighted by molar-refractivity contribution is 9.10. The van der Waals surface area contributed by atoms with Gasteiger partial charge in [0.05, 0.1) is 5.56 Å². The van der Waals surface area contributed by atoms with Gasteiger partial charge in [0.15, 0.2) is 0 Å². The molecule has 0 unspecified atom stereocenters. The number of rotatable bonds is 6. The van der Waals surface area contributed by atoms with E-state index in [9.17, 15) is 4.79 Å². The minimum atomic E-state index is -0.873. The Bertz CT molecular complexity index is 625. The van der Waals surface area contributed by atoms with Crippen LogP contribution in [0.15, 0.2) is 34.8 Å². The first-order valence-corrected chi connectivity index (χ1v) is 8.39. The molecular weight excluding hydrogens is 374 g/mol. The summed E-state index contributed by atoms with van der Waals surface area (Å²) in [6.45, 7) is 1.59. The first kappa shape index (κ1) is 16.5. The van der Waals surface area contributed by atoms with Gasteiger partial charge in [0.25, 0.3) is 0 Å². The van der Waals surface area contributed by atoms with Gasteiger partial charge in [0, 0.05) is 22.4 Å². The van der Waals surface area contributed by atoms with Crippen molar-refractivity contribution in [3.8, 4) is 0 Å². The van der Waals surface area contributed by atoms with E-state index in [2.05, 4.69) is 20.8 Å². The third-order valence-corrected chi connectivity index (χ3v) is 5.59. The Morgan fingerprint density at radius 2 is 2.14 bits per heavy atom. The average molecular weight is 389 g/mol. The zero-order valence-electron chi connectivity index (χ0n) is 11.5. The normalized spacial score (nSPS) is 11.0. The lowest BCUT2D eigenvalue weighted by atomic mass is 10.0. The summed E-state index contributed by atoms with van der Waals surface area (Å²) in [4.78, 5) is 14.5. The molecule has 0 aliphatic carbocycles. The van der Waals surface area contributed by atoms with Crippen molar-refractivity contribution in [3.05, 3.63) is 55.1 Å². The minimum Gasteiger partial charge on any atom is -0.478 e. The maximum Gasteiger partial charge on any atom is 0.335 e. The van der Waals surface area contributed by atoms with E-state index in [0.29, 0.717) is 12.0 Å². The van der Waals surface area contributed by atoms with Gasteiger partial charge in [-0.25, -0.2) is 4.79 Å². The predicted octanol–water partition coefficient (Wildman–Crippen LogP) is 4.54. The molecule has 0 fully saturated rings. The Kier molecular flexibility index (Phi) is 5.81. The van der Waals surface area contributed by atoms with E-state index >= 15 is 0 Å². The van der Waals surface area contributed by atoms with E-state index in [0.717, 1.165) is 27.5 Å². The first-order chi connectivity index (χ1) is 9.97. The molecule has 1 N–H and O–H groups in total. The Balaban J connectivity index is 1.95. The van der Waals surface area contributed by atoms with Crippen LogP contribution in [0.4, 0.5) is 0 Å². The Labute approximate surface area is 141 Å². The fourth-order valence-corrected chi connectivity index (χ4v) is 3.94. The summed E-state index contributed by atoms with van der Waals surface area (Å²) in [5, 5.41) is 9.17. The molecule has 2 aromatic rings. The molecule has 2 rings (SSSR count). The van der Waals surface area contributed by atoms with E-state index in [1.165, 1.54) is 4.88 Å². The summed E-state index contributed by atoms with van der Waals surface area (Å²) in [6, 6.07) is 9.16. The van der Waals surface area contributed by atoms with E-state index in [-0.39, 0.29) is 0 Å². The molecule has 0 aliphatic heterocycles. The van der Waals surface area contributed by atoms with Crippen LogP contribution in [0, 0.1) is 0 Å².